The summed E-state index contributed by atoms with van der Waals surface area (Å²) in [4.78, 5) is 0.935. The van der Waals surface area contributed by atoms with Crippen LogP contribution in [0.4, 0.5) is 11.4 Å². The lowest BCUT2D eigenvalue weighted by Gasteiger charge is -2.28. The van der Waals surface area contributed by atoms with Gasteiger partial charge in [0.25, 0.3) is 10.0 Å². The summed E-state index contributed by atoms with van der Waals surface area (Å²) in [5.41, 5.74) is 1.11. The molecular weight excluding hydrogens is 605 g/mol. The molecule has 5 rings (SSSR count). The van der Waals surface area contributed by atoms with Crippen LogP contribution in [0.1, 0.15) is 5.82 Å². The molecule has 0 aliphatic heterocycles. The molecule has 0 saturated heterocycles. The third-order valence-electron chi connectivity index (χ3n) is 6.48. The summed E-state index contributed by atoms with van der Waals surface area (Å²) in [5, 5.41) is 30.8. The fourth-order valence-electron chi connectivity index (χ4n) is 4.42. The van der Waals surface area contributed by atoms with E-state index < -0.39 is 16.6 Å². The van der Waals surface area contributed by atoms with E-state index in [1.54, 1.807) is 25.3 Å². The number of rotatable bonds is 12. The van der Waals surface area contributed by atoms with Crippen molar-refractivity contribution in [3.05, 3.63) is 90.8 Å². The number of ether oxygens (including phenoxy) is 2. The molecule has 44 heavy (non-hydrogen) atoms. The molecule has 0 aliphatic rings. The van der Waals surface area contributed by atoms with Crippen molar-refractivity contribution in [3.63, 3.8) is 0 Å². The Labute approximate surface area is 257 Å². The van der Waals surface area contributed by atoms with E-state index in [1.165, 1.54) is 31.2 Å². The molecule has 0 amide bonds. The fourth-order valence-corrected chi connectivity index (χ4v) is 6.82. The van der Waals surface area contributed by atoms with Crippen LogP contribution in [0.2, 0.25) is 0 Å². The van der Waals surface area contributed by atoms with Crippen molar-refractivity contribution in [2.75, 3.05) is 29.4 Å². The zero-order valence-corrected chi connectivity index (χ0v) is 25.3. The second-order valence-corrected chi connectivity index (χ2v) is 12.1. The lowest BCUT2D eigenvalue weighted by molar-refractivity contribution is 0.414. The highest BCUT2D eigenvalue weighted by atomic mass is 32.2. The molecule has 5 aromatic rings. The molecule has 0 radical (unpaired) electrons. The number of fused-ring (bicyclic) bond motifs is 1. The molecule has 0 fully saturated rings. The molecule has 4 N–H and O–H groups in total. The van der Waals surface area contributed by atoms with Crippen LogP contribution in [0.25, 0.3) is 10.8 Å². The predicted octanol–water partition coefficient (Wildman–Crippen LogP) is 4.58. The lowest BCUT2D eigenvalue weighted by Crippen LogP contribution is -2.35. The summed E-state index contributed by atoms with van der Waals surface area (Å²) in [7, 11) is -1.08. The van der Waals surface area contributed by atoms with Gasteiger partial charge in [-0.1, -0.05) is 34.7 Å². The number of methoxy groups -OCH3 is 2. The number of hydrogen-bond donors (Lipinski definition) is 3. The number of benzene rings is 4. The van der Waals surface area contributed by atoms with Gasteiger partial charge in [0.05, 0.1) is 43.6 Å². The summed E-state index contributed by atoms with van der Waals surface area (Å²) in [6.45, 7) is -0.127. The van der Waals surface area contributed by atoms with Crippen molar-refractivity contribution < 1.29 is 17.9 Å². The summed E-state index contributed by atoms with van der Waals surface area (Å²) in [5.74, 6) is 6.53. The Bertz CT molecular complexity index is 1870. The number of H-pyrrole nitrogens is 1. The highest BCUT2D eigenvalue weighted by molar-refractivity contribution is 8.00. The summed E-state index contributed by atoms with van der Waals surface area (Å²) >= 11 is 1.45. The highest BCUT2D eigenvalue weighted by Gasteiger charge is 2.29. The van der Waals surface area contributed by atoms with Crippen LogP contribution in [0.5, 0.6) is 11.5 Å². The molecule has 226 valence electrons. The lowest BCUT2D eigenvalue weighted by atomic mass is 10.1. The smallest absolute Gasteiger partial charge is 0.264 e. The predicted molar refractivity (Wildman–Crippen MR) is 167 cm³/mol. The molecule has 0 aliphatic carbocycles. The van der Waals surface area contributed by atoms with E-state index in [0.29, 0.717) is 22.6 Å². The summed E-state index contributed by atoms with van der Waals surface area (Å²) < 4.78 is 41.8. The minimum absolute atomic E-state index is 0.0118. The number of aromatic amines is 1. The first-order valence-electron chi connectivity index (χ1n) is 13.0. The van der Waals surface area contributed by atoms with Crippen LogP contribution in [0.3, 0.4) is 0 Å². The molecular formula is C28H28N10O4S2. The van der Waals surface area contributed by atoms with Gasteiger partial charge in [-0.2, -0.15) is 5.21 Å². The van der Waals surface area contributed by atoms with Gasteiger partial charge < -0.3 is 19.6 Å². The van der Waals surface area contributed by atoms with E-state index in [9.17, 15) is 8.42 Å². The molecule has 0 spiro atoms. The van der Waals surface area contributed by atoms with E-state index >= 15 is 0 Å². The molecule has 14 nitrogen and oxygen atoms in total. The third kappa shape index (κ3) is 6.55. The van der Waals surface area contributed by atoms with Gasteiger partial charge in [0, 0.05) is 15.7 Å². The topological polar surface area (TPSA) is 188 Å². The van der Waals surface area contributed by atoms with Crippen molar-refractivity contribution in [3.8, 4) is 11.5 Å². The van der Waals surface area contributed by atoms with Crippen LogP contribution in [-0.4, -0.2) is 55.6 Å². The molecule has 4 aromatic carbocycles. The average Bonchev–Trinajstić information content (AvgIpc) is 3.56. The van der Waals surface area contributed by atoms with Gasteiger partial charge in [-0.25, -0.2) is 8.42 Å². The number of nitrogens with zero attached hydrogens (tertiary/aromatic N) is 7. The fraction of sp³-hybridized carbons (Fsp3) is 0.143. The van der Waals surface area contributed by atoms with E-state index in [4.69, 9.17) is 20.7 Å². The molecule has 16 heteroatoms. The van der Waals surface area contributed by atoms with Crippen molar-refractivity contribution in [2.24, 2.45) is 16.2 Å². The second kappa shape index (κ2) is 13.4. The van der Waals surface area contributed by atoms with Gasteiger partial charge in [-0.15, -0.1) is 15.3 Å². The van der Waals surface area contributed by atoms with Gasteiger partial charge in [0.1, 0.15) is 11.5 Å². The van der Waals surface area contributed by atoms with E-state index in [-0.39, 0.29) is 17.3 Å². The van der Waals surface area contributed by atoms with Crippen LogP contribution in [0.15, 0.2) is 105 Å². The van der Waals surface area contributed by atoms with Crippen LogP contribution < -0.4 is 23.9 Å². The molecule has 0 atom stereocenters. The first-order valence-corrected chi connectivity index (χ1v) is 15.2. The van der Waals surface area contributed by atoms with Crippen LogP contribution in [0, 0.1) is 5.41 Å². The molecule has 1 aromatic heterocycles. The SMILES string of the molecule is COc1ccc(SN(Cc2nn[nH]n2)c2ccc(N(CC(=N)N=NN)S(=O)(=O)c3ccc(OC)cc3)c3ccccc23)cc1. The Morgan fingerprint density at radius 2 is 1.55 bits per heavy atom. The Balaban J connectivity index is 1.63. The monoisotopic (exact) mass is 632 g/mol. The number of amidine groups is 1. The van der Waals surface area contributed by atoms with E-state index in [2.05, 4.69) is 31.0 Å². The zero-order valence-electron chi connectivity index (χ0n) is 23.7. The largest absolute Gasteiger partial charge is 0.497 e. The van der Waals surface area contributed by atoms with Gasteiger partial charge in [-0.05, 0) is 72.6 Å². The van der Waals surface area contributed by atoms with Crippen LogP contribution >= 0.6 is 11.9 Å². The molecule has 0 bridgehead atoms. The van der Waals surface area contributed by atoms with Gasteiger partial charge in [0.2, 0.25) is 0 Å². The van der Waals surface area contributed by atoms with Crippen molar-refractivity contribution in [2.45, 2.75) is 16.3 Å². The standard InChI is InChI=1S/C28H28N10O4S2/c1-41-19-7-11-21(12-8-19)43-37(18-28-32-35-36-33-28)25-15-16-26(24-6-4-3-5-23(24)25)38(17-27(29)31-34-30)44(39,40)22-13-9-20(42-2)10-14-22/h3-16H,17-18H2,1-2H3,(H3,29,30,31)(H,32,33,35,36). The Morgan fingerprint density at radius 3 is 2.14 bits per heavy atom. The van der Waals surface area contributed by atoms with E-state index in [0.717, 1.165) is 26.0 Å². The normalized spacial score (nSPS) is 11.5. The molecule has 0 saturated carbocycles. The maximum Gasteiger partial charge on any atom is 0.264 e. The first-order chi connectivity index (χ1) is 21.3. The average molecular weight is 633 g/mol. The minimum Gasteiger partial charge on any atom is -0.497 e. The quantitative estimate of drug-likeness (QED) is 0.0438. The van der Waals surface area contributed by atoms with Crippen LogP contribution in [-0.2, 0) is 16.6 Å². The number of tetrazole rings is 1. The van der Waals surface area contributed by atoms with Gasteiger partial charge >= 0.3 is 0 Å². The third-order valence-corrected chi connectivity index (χ3v) is 9.29. The molecule has 0 unspecified atom stereocenters. The number of anilines is 2. The van der Waals surface area contributed by atoms with E-state index in [1.807, 2.05) is 58.9 Å². The van der Waals surface area contributed by atoms with Crippen molar-refractivity contribution in [1.82, 2.24) is 20.6 Å². The maximum atomic E-state index is 14.1. The second-order valence-electron chi connectivity index (χ2n) is 9.13. The number of sulfonamides is 1. The van der Waals surface area contributed by atoms with Gasteiger partial charge in [0.15, 0.2) is 11.7 Å². The van der Waals surface area contributed by atoms with Crippen molar-refractivity contribution >= 4 is 50.0 Å². The van der Waals surface area contributed by atoms with Gasteiger partial charge in [-0.3, -0.25) is 9.71 Å². The number of nitrogens with two attached hydrogens (primary N) is 1. The first kappa shape index (κ1) is 30.2. The number of aromatic nitrogens is 4. The zero-order chi connectivity index (χ0) is 31.1. The Morgan fingerprint density at radius 1 is 0.932 bits per heavy atom. The Hall–Kier alpha value is -5.22. The highest BCUT2D eigenvalue weighted by Crippen LogP contribution is 2.40. The summed E-state index contributed by atoms with van der Waals surface area (Å²) in [6, 6.07) is 24.5. The minimum atomic E-state index is -4.18. The molecule has 1 heterocycles. The summed E-state index contributed by atoms with van der Waals surface area (Å²) in [6.07, 6.45) is 0. The number of hydrogen-bond acceptors (Lipinski definition) is 11. The van der Waals surface area contributed by atoms with Crippen molar-refractivity contribution in [1.29, 1.82) is 5.41 Å². The Kier molecular flexibility index (Phi) is 9.20. The maximum absolute atomic E-state index is 14.1. The number of nitrogens with one attached hydrogen (secondary N) is 2.